The van der Waals surface area contributed by atoms with Crippen molar-refractivity contribution in [3.63, 3.8) is 0 Å². The summed E-state index contributed by atoms with van der Waals surface area (Å²) >= 11 is 0. The molecule has 0 aliphatic heterocycles. The highest BCUT2D eigenvalue weighted by Crippen LogP contribution is 2.31. The molecule has 7 nitrogen and oxygen atoms in total. The standard InChI is InChI=1S/C14H19F2N3O4/c1-7(2)11(19-14(17)21)12(20)18-8-4-5-9(22-3)10(6-8)23-13(15)16/h4-7,11,13H,1-3H3,(H,18,20)(H3,17,19,21). The van der Waals surface area contributed by atoms with Crippen molar-refractivity contribution in [3.8, 4) is 11.5 Å². The summed E-state index contributed by atoms with van der Waals surface area (Å²) in [5.41, 5.74) is 5.24. The van der Waals surface area contributed by atoms with Gasteiger partial charge in [-0.25, -0.2) is 4.79 Å². The van der Waals surface area contributed by atoms with Crippen LogP contribution in [0.5, 0.6) is 11.5 Å². The number of carbonyl (C=O) groups excluding carboxylic acids is 2. The highest BCUT2D eigenvalue weighted by atomic mass is 19.3. The van der Waals surface area contributed by atoms with E-state index < -0.39 is 24.6 Å². The summed E-state index contributed by atoms with van der Waals surface area (Å²) in [5, 5.41) is 4.82. The molecule has 1 aromatic carbocycles. The quantitative estimate of drug-likeness (QED) is 0.710. The summed E-state index contributed by atoms with van der Waals surface area (Å²) < 4.78 is 34.0. The second-order valence-corrected chi connectivity index (χ2v) is 4.96. The number of rotatable bonds is 7. The van der Waals surface area contributed by atoms with Gasteiger partial charge in [-0.05, 0) is 18.1 Å². The van der Waals surface area contributed by atoms with E-state index in [1.54, 1.807) is 13.8 Å². The molecule has 0 saturated heterocycles. The summed E-state index contributed by atoms with van der Waals surface area (Å²) in [6.45, 7) is 0.411. The number of primary amides is 1. The fraction of sp³-hybridized carbons (Fsp3) is 0.429. The minimum absolute atomic E-state index is 0.0963. The minimum Gasteiger partial charge on any atom is -0.493 e. The summed E-state index contributed by atoms with van der Waals surface area (Å²) in [6.07, 6.45) is 0. The van der Waals surface area contributed by atoms with Gasteiger partial charge in [0.2, 0.25) is 5.91 Å². The van der Waals surface area contributed by atoms with Crippen LogP contribution in [-0.4, -0.2) is 31.7 Å². The Bertz CT molecular complexity index is 567. The largest absolute Gasteiger partial charge is 0.493 e. The van der Waals surface area contributed by atoms with Crippen LogP contribution in [0.1, 0.15) is 13.8 Å². The first kappa shape index (κ1) is 18.5. The van der Waals surface area contributed by atoms with Crippen molar-refractivity contribution in [2.45, 2.75) is 26.5 Å². The molecule has 1 rings (SSSR count). The van der Waals surface area contributed by atoms with Gasteiger partial charge in [-0.3, -0.25) is 4.79 Å². The monoisotopic (exact) mass is 331 g/mol. The predicted octanol–water partition coefficient (Wildman–Crippen LogP) is 1.93. The fourth-order valence-electron chi connectivity index (χ4n) is 1.85. The Kier molecular flexibility index (Phi) is 6.55. The molecule has 4 N–H and O–H groups in total. The Labute approximate surface area is 132 Å². The molecule has 9 heteroatoms. The molecule has 1 aromatic rings. The lowest BCUT2D eigenvalue weighted by atomic mass is 10.0. The summed E-state index contributed by atoms with van der Waals surface area (Å²) in [5.74, 6) is -0.882. The molecule has 0 radical (unpaired) electrons. The molecule has 0 spiro atoms. The van der Waals surface area contributed by atoms with Gasteiger partial charge in [0.15, 0.2) is 11.5 Å². The topological polar surface area (TPSA) is 103 Å². The van der Waals surface area contributed by atoms with Gasteiger partial charge in [-0.15, -0.1) is 0 Å². The first-order valence-electron chi connectivity index (χ1n) is 6.74. The van der Waals surface area contributed by atoms with Gasteiger partial charge >= 0.3 is 12.6 Å². The van der Waals surface area contributed by atoms with E-state index in [1.807, 2.05) is 0 Å². The van der Waals surface area contributed by atoms with Gasteiger partial charge in [0.05, 0.1) is 7.11 Å². The molecule has 0 saturated carbocycles. The smallest absolute Gasteiger partial charge is 0.387 e. The van der Waals surface area contributed by atoms with Gasteiger partial charge in [-0.1, -0.05) is 13.8 Å². The molecule has 1 unspecified atom stereocenters. The number of alkyl halides is 2. The van der Waals surface area contributed by atoms with Crippen LogP contribution in [0.15, 0.2) is 18.2 Å². The molecule has 0 bridgehead atoms. The lowest BCUT2D eigenvalue weighted by Gasteiger charge is -2.21. The number of nitrogens with one attached hydrogen (secondary N) is 2. The molecule has 0 aliphatic carbocycles. The molecule has 1 atom stereocenters. The van der Waals surface area contributed by atoms with Gasteiger partial charge in [-0.2, -0.15) is 8.78 Å². The van der Waals surface area contributed by atoms with Crippen LogP contribution in [0.3, 0.4) is 0 Å². The van der Waals surface area contributed by atoms with E-state index in [4.69, 9.17) is 10.5 Å². The first-order chi connectivity index (χ1) is 10.7. The van der Waals surface area contributed by atoms with Crippen molar-refractivity contribution in [1.29, 1.82) is 0 Å². The zero-order valence-corrected chi connectivity index (χ0v) is 12.9. The maximum atomic E-state index is 12.4. The zero-order chi connectivity index (χ0) is 17.6. The summed E-state index contributed by atoms with van der Waals surface area (Å²) in [4.78, 5) is 23.1. The van der Waals surface area contributed by atoms with E-state index in [2.05, 4.69) is 15.4 Å². The normalized spacial score (nSPS) is 12.0. The minimum atomic E-state index is -3.03. The highest BCUT2D eigenvalue weighted by Gasteiger charge is 2.23. The number of ether oxygens (including phenoxy) is 2. The van der Waals surface area contributed by atoms with Gasteiger partial charge in [0, 0.05) is 11.8 Å². The number of anilines is 1. The molecule has 23 heavy (non-hydrogen) atoms. The lowest BCUT2D eigenvalue weighted by Crippen LogP contribution is -2.49. The molecule has 0 heterocycles. The van der Waals surface area contributed by atoms with E-state index >= 15 is 0 Å². The van der Waals surface area contributed by atoms with Crippen LogP contribution in [0.25, 0.3) is 0 Å². The highest BCUT2D eigenvalue weighted by molar-refractivity contribution is 5.97. The fourth-order valence-corrected chi connectivity index (χ4v) is 1.85. The third-order valence-corrected chi connectivity index (χ3v) is 2.89. The van der Waals surface area contributed by atoms with Crippen LogP contribution >= 0.6 is 0 Å². The number of benzene rings is 1. The molecule has 128 valence electrons. The van der Waals surface area contributed by atoms with Crippen LogP contribution in [0, 0.1) is 5.92 Å². The maximum absolute atomic E-state index is 12.4. The van der Waals surface area contributed by atoms with E-state index in [0.717, 1.165) is 0 Å². The van der Waals surface area contributed by atoms with Crippen LogP contribution < -0.4 is 25.8 Å². The third-order valence-electron chi connectivity index (χ3n) is 2.89. The first-order valence-corrected chi connectivity index (χ1v) is 6.74. The van der Waals surface area contributed by atoms with E-state index in [9.17, 15) is 18.4 Å². The summed E-state index contributed by atoms with van der Waals surface area (Å²) in [6, 6.07) is 2.32. The molecular weight excluding hydrogens is 312 g/mol. The van der Waals surface area contributed by atoms with Crippen molar-refractivity contribution >= 4 is 17.6 Å². The van der Waals surface area contributed by atoms with E-state index in [0.29, 0.717) is 0 Å². The molecule has 0 aromatic heterocycles. The molecule has 3 amide bonds. The van der Waals surface area contributed by atoms with Gasteiger partial charge < -0.3 is 25.8 Å². The Morgan fingerprint density at radius 1 is 1.22 bits per heavy atom. The average molecular weight is 331 g/mol. The van der Waals surface area contributed by atoms with Crippen molar-refractivity contribution < 1.29 is 27.8 Å². The third kappa shape index (κ3) is 5.61. The number of urea groups is 1. The molecule has 0 fully saturated rings. The number of methoxy groups -OCH3 is 1. The Hall–Kier alpha value is -2.58. The van der Waals surface area contributed by atoms with Crippen molar-refractivity contribution in [2.75, 3.05) is 12.4 Å². The second-order valence-electron chi connectivity index (χ2n) is 4.96. The Morgan fingerprint density at radius 2 is 1.87 bits per heavy atom. The van der Waals surface area contributed by atoms with Crippen LogP contribution in [0.4, 0.5) is 19.3 Å². The number of hydrogen-bond donors (Lipinski definition) is 3. The average Bonchev–Trinajstić information content (AvgIpc) is 2.43. The number of hydrogen-bond acceptors (Lipinski definition) is 4. The molecular formula is C14H19F2N3O4. The van der Waals surface area contributed by atoms with Crippen molar-refractivity contribution in [1.82, 2.24) is 5.32 Å². The zero-order valence-electron chi connectivity index (χ0n) is 12.9. The Morgan fingerprint density at radius 3 is 2.35 bits per heavy atom. The molecule has 0 aliphatic rings. The number of nitrogens with two attached hydrogens (primary N) is 1. The van der Waals surface area contributed by atoms with Crippen LogP contribution in [0.2, 0.25) is 0 Å². The lowest BCUT2D eigenvalue weighted by molar-refractivity contribution is -0.118. The summed E-state index contributed by atoms with van der Waals surface area (Å²) in [7, 11) is 1.30. The predicted molar refractivity (Wildman–Crippen MR) is 79.6 cm³/mol. The van der Waals surface area contributed by atoms with Crippen LogP contribution in [-0.2, 0) is 4.79 Å². The van der Waals surface area contributed by atoms with Gasteiger partial charge in [0.1, 0.15) is 6.04 Å². The van der Waals surface area contributed by atoms with E-state index in [1.165, 1.54) is 25.3 Å². The van der Waals surface area contributed by atoms with Crippen molar-refractivity contribution in [3.05, 3.63) is 18.2 Å². The SMILES string of the molecule is COc1ccc(NC(=O)C(NC(N)=O)C(C)C)cc1OC(F)F. The Balaban J connectivity index is 2.94. The number of carbonyl (C=O) groups is 2. The van der Waals surface area contributed by atoms with E-state index in [-0.39, 0.29) is 23.1 Å². The second kappa shape index (κ2) is 8.16. The maximum Gasteiger partial charge on any atom is 0.387 e. The number of halogens is 2. The van der Waals surface area contributed by atoms with Gasteiger partial charge in [0.25, 0.3) is 0 Å². The number of amides is 3. The van der Waals surface area contributed by atoms with Crippen molar-refractivity contribution in [2.24, 2.45) is 11.7 Å².